The second-order valence-electron chi connectivity index (χ2n) is 4.96. The van der Waals surface area contributed by atoms with Crippen molar-refractivity contribution in [3.8, 4) is 0 Å². The minimum absolute atomic E-state index is 0.270. The van der Waals surface area contributed by atoms with E-state index in [0.29, 0.717) is 5.82 Å². The molecule has 1 aromatic heterocycles. The number of nitrogens with two attached hydrogens (primary N) is 1. The molecule has 1 aromatic carbocycles. The van der Waals surface area contributed by atoms with Crippen molar-refractivity contribution >= 4 is 23.3 Å². The van der Waals surface area contributed by atoms with Gasteiger partial charge in [-0.25, -0.2) is 0 Å². The van der Waals surface area contributed by atoms with Crippen molar-refractivity contribution in [2.45, 2.75) is 33.1 Å². The number of nitrogen functional groups attached to an aromatic ring is 1. The maximum atomic E-state index is 5.78. The maximum Gasteiger partial charge on any atom is 0.223 e. The van der Waals surface area contributed by atoms with Crippen LogP contribution in [0, 0.1) is 0 Å². The number of hydrogen-bond acceptors (Lipinski definition) is 5. The second-order valence-corrected chi connectivity index (χ2v) is 4.96. The molecule has 2 rings (SSSR count). The van der Waals surface area contributed by atoms with Crippen LogP contribution in [0.2, 0.25) is 0 Å². The summed E-state index contributed by atoms with van der Waals surface area (Å²) in [6, 6.07) is 10.1. The molecule has 0 aliphatic heterocycles. The molecule has 0 fully saturated rings. The molecule has 0 saturated heterocycles. The average Bonchev–Trinajstić information content (AvgIpc) is 2.47. The number of nitrogens with zero attached hydrogens (tertiary/aromatic N) is 2. The molecule has 2 aromatic rings. The fourth-order valence-electron chi connectivity index (χ4n) is 2.14. The Morgan fingerprint density at radius 2 is 1.81 bits per heavy atom. The molecule has 21 heavy (non-hydrogen) atoms. The molecule has 0 aliphatic rings. The minimum Gasteiger partial charge on any atom is -0.370 e. The van der Waals surface area contributed by atoms with Gasteiger partial charge in [0.25, 0.3) is 0 Å². The first kappa shape index (κ1) is 15.1. The van der Waals surface area contributed by atoms with Crippen LogP contribution in [-0.4, -0.2) is 16.5 Å². The summed E-state index contributed by atoms with van der Waals surface area (Å²) < 4.78 is 0. The molecule has 5 heteroatoms. The highest BCUT2D eigenvalue weighted by molar-refractivity contribution is 5.63. The van der Waals surface area contributed by atoms with Gasteiger partial charge in [-0.1, -0.05) is 38.5 Å². The largest absolute Gasteiger partial charge is 0.370 e. The summed E-state index contributed by atoms with van der Waals surface area (Å²) in [6.07, 6.45) is 3.17. The lowest BCUT2D eigenvalue weighted by molar-refractivity contribution is 0.923. The lowest BCUT2D eigenvalue weighted by atomic mass is 10.1. The number of hydrogen-bond donors (Lipinski definition) is 3. The number of aryl methyl sites for hydroxylation is 1. The lowest BCUT2D eigenvalue weighted by Crippen LogP contribution is -2.07. The highest BCUT2D eigenvalue weighted by Gasteiger charge is 2.05. The molecule has 0 saturated carbocycles. The minimum atomic E-state index is 0.270. The first-order chi connectivity index (χ1) is 10.2. The first-order valence-electron chi connectivity index (χ1n) is 7.46. The summed E-state index contributed by atoms with van der Waals surface area (Å²) >= 11 is 0. The molecule has 0 bridgehead atoms. The Morgan fingerprint density at radius 3 is 2.57 bits per heavy atom. The second kappa shape index (κ2) is 7.47. The SMILES string of the molecule is CCCNc1cc(Nc2ccccc2CCC)nc(N)n1. The summed E-state index contributed by atoms with van der Waals surface area (Å²) in [5.74, 6) is 1.73. The van der Waals surface area contributed by atoms with Gasteiger partial charge in [-0.15, -0.1) is 0 Å². The molecule has 112 valence electrons. The fourth-order valence-corrected chi connectivity index (χ4v) is 2.14. The predicted octanol–water partition coefficient (Wildman–Crippen LogP) is 3.58. The summed E-state index contributed by atoms with van der Waals surface area (Å²) in [5, 5.41) is 6.57. The molecular weight excluding hydrogens is 262 g/mol. The highest BCUT2D eigenvalue weighted by atomic mass is 15.1. The van der Waals surface area contributed by atoms with Crippen LogP contribution in [0.25, 0.3) is 0 Å². The van der Waals surface area contributed by atoms with Crippen LogP contribution in [0.4, 0.5) is 23.3 Å². The Balaban J connectivity index is 2.21. The van der Waals surface area contributed by atoms with Gasteiger partial charge in [0, 0.05) is 18.3 Å². The average molecular weight is 285 g/mol. The number of anilines is 4. The third kappa shape index (κ3) is 4.34. The van der Waals surface area contributed by atoms with Crippen LogP contribution < -0.4 is 16.4 Å². The lowest BCUT2D eigenvalue weighted by Gasteiger charge is -2.12. The smallest absolute Gasteiger partial charge is 0.223 e. The van der Waals surface area contributed by atoms with Crippen molar-refractivity contribution in [3.63, 3.8) is 0 Å². The highest BCUT2D eigenvalue weighted by Crippen LogP contribution is 2.22. The summed E-state index contributed by atoms with van der Waals surface area (Å²) in [4.78, 5) is 8.44. The van der Waals surface area contributed by atoms with Gasteiger partial charge in [0.1, 0.15) is 11.6 Å². The molecule has 0 unspecified atom stereocenters. The molecule has 0 aliphatic carbocycles. The van der Waals surface area contributed by atoms with Crippen molar-refractivity contribution in [2.24, 2.45) is 0 Å². The Morgan fingerprint density at radius 1 is 1.05 bits per heavy atom. The zero-order valence-electron chi connectivity index (χ0n) is 12.7. The number of rotatable bonds is 7. The molecule has 0 amide bonds. The van der Waals surface area contributed by atoms with E-state index >= 15 is 0 Å². The van der Waals surface area contributed by atoms with E-state index in [0.717, 1.165) is 37.3 Å². The van der Waals surface area contributed by atoms with Crippen LogP contribution in [-0.2, 0) is 6.42 Å². The number of aromatic nitrogens is 2. The molecular formula is C16H23N5. The van der Waals surface area contributed by atoms with Gasteiger partial charge >= 0.3 is 0 Å². The molecule has 5 nitrogen and oxygen atoms in total. The van der Waals surface area contributed by atoms with E-state index < -0.39 is 0 Å². The van der Waals surface area contributed by atoms with Crippen molar-refractivity contribution in [3.05, 3.63) is 35.9 Å². The van der Waals surface area contributed by atoms with E-state index in [4.69, 9.17) is 5.73 Å². The van der Waals surface area contributed by atoms with Crippen LogP contribution in [0.15, 0.2) is 30.3 Å². The topological polar surface area (TPSA) is 75.9 Å². The Hall–Kier alpha value is -2.30. The maximum absolute atomic E-state index is 5.78. The number of benzene rings is 1. The van der Waals surface area contributed by atoms with E-state index in [-0.39, 0.29) is 5.95 Å². The van der Waals surface area contributed by atoms with Crippen molar-refractivity contribution in [2.75, 3.05) is 22.9 Å². The third-order valence-corrected chi connectivity index (χ3v) is 3.10. The molecule has 0 atom stereocenters. The quantitative estimate of drug-likeness (QED) is 0.725. The van der Waals surface area contributed by atoms with Gasteiger partial charge in [-0.3, -0.25) is 0 Å². The zero-order valence-corrected chi connectivity index (χ0v) is 12.7. The summed E-state index contributed by atoms with van der Waals surface area (Å²) in [7, 11) is 0. The first-order valence-corrected chi connectivity index (χ1v) is 7.46. The number of para-hydroxylation sites is 1. The van der Waals surface area contributed by atoms with E-state index in [1.165, 1.54) is 5.56 Å². The Bertz CT molecular complexity index is 583. The molecule has 0 spiro atoms. The van der Waals surface area contributed by atoms with E-state index in [2.05, 4.69) is 52.6 Å². The summed E-state index contributed by atoms with van der Waals surface area (Å²) in [5.41, 5.74) is 8.13. The fraction of sp³-hybridized carbons (Fsp3) is 0.375. The van der Waals surface area contributed by atoms with E-state index in [9.17, 15) is 0 Å². The van der Waals surface area contributed by atoms with Gasteiger partial charge in [-0.2, -0.15) is 9.97 Å². The van der Waals surface area contributed by atoms with Gasteiger partial charge < -0.3 is 16.4 Å². The van der Waals surface area contributed by atoms with Crippen LogP contribution >= 0.6 is 0 Å². The van der Waals surface area contributed by atoms with Gasteiger partial charge in [0.05, 0.1) is 0 Å². The van der Waals surface area contributed by atoms with Crippen molar-refractivity contribution < 1.29 is 0 Å². The van der Waals surface area contributed by atoms with Gasteiger partial charge in [0.2, 0.25) is 5.95 Å². The normalized spacial score (nSPS) is 10.4. The standard InChI is InChI=1S/C16H23N5/c1-3-7-12-8-5-6-9-13(12)19-15-11-14(18-10-4-2)20-16(17)21-15/h5-6,8-9,11H,3-4,7,10H2,1-2H3,(H4,17,18,19,20,21). The summed E-state index contributed by atoms with van der Waals surface area (Å²) in [6.45, 7) is 5.15. The number of nitrogens with one attached hydrogen (secondary N) is 2. The van der Waals surface area contributed by atoms with E-state index in [1.54, 1.807) is 0 Å². The van der Waals surface area contributed by atoms with Crippen molar-refractivity contribution in [1.29, 1.82) is 0 Å². The van der Waals surface area contributed by atoms with Crippen molar-refractivity contribution in [1.82, 2.24) is 9.97 Å². The Kier molecular flexibility index (Phi) is 5.37. The third-order valence-electron chi connectivity index (χ3n) is 3.10. The van der Waals surface area contributed by atoms with Gasteiger partial charge in [-0.05, 0) is 24.5 Å². The van der Waals surface area contributed by atoms with Crippen LogP contribution in [0.5, 0.6) is 0 Å². The molecule has 0 radical (unpaired) electrons. The van der Waals surface area contributed by atoms with Crippen LogP contribution in [0.3, 0.4) is 0 Å². The van der Waals surface area contributed by atoms with Crippen LogP contribution in [0.1, 0.15) is 32.3 Å². The van der Waals surface area contributed by atoms with Gasteiger partial charge in [0.15, 0.2) is 0 Å². The van der Waals surface area contributed by atoms with E-state index in [1.807, 2.05) is 12.1 Å². The Labute approximate surface area is 126 Å². The predicted molar refractivity (Wildman–Crippen MR) is 88.9 cm³/mol. The zero-order chi connectivity index (χ0) is 15.1. The monoisotopic (exact) mass is 285 g/mol. The molecule has 1 heterocycles. The molecule has 4 N–H and O–H groups in total.